The lowest BCUT2D eigenvalue weighted by molar-refractivity contribution is -0.139. The minimum absolute atomic E-state index is 0.0446. The Kier molecular flexibility index (Phi) is 5.93. The van der Waals surface area contributed by atoms with Crippen molar-refractivity contribution in [2.75, 3.05) is 6.61 Å². The van der Waals surface area contributed by atoms with Crippen LogP contribution in [0.15, 0.2) is 0 Å². The number of aliphatic carboxylic acids is 1. The summed E-state index contributed by atoms with van der Waals surface area (Å²) in [5, 5.41) is 20.3. The molecule has 0 aliphatic rings. The van der Waals surface area contributed by atoms with Crippen LogP contribution in [-0.4, -0.2) is 34.2 Å². The molecule has 0 bridgehead atoms. The number of hydrogen-bond donors (Lipinski definition) is 3. The highest BCUT2D eigenvalue weighted by Crippen LogP contribution is 2.14. The third-order valence-electron chi connectivity index (χ3n) is 2.63. The number of aliphatic hydroxyl groups excluding tert-OH is 1. The number of carboxylic acid groups (broad SMARTS) is 1. The molecule has 0 saturated heterocycles. The van der Waals surface area contributed by atoms with Gasteiger partial charge in [-0.1, -0.05) is 13.8 Å². The molecule has 5 nitrogen and oxygen atoms in total. The number of hydrogen-bond acceptors (Lipinski definition) is 3. The van der Waals surface area contributed by atoms with Crippen molar-refractivity contribution in [3.8, 4) is 0 Å². The Bertz CT molecular complexity index is 215. The molecule has 0 aliphatic carbocycles. The first kappa shape index (κ1) is 13.9. The fourth-order valence-electron chi connectivity index (χ4n) is 1.27. The lowest BCUT2D eigenvalue weighted by atomic mass is 9.93. The molecule has 0 fully saturated rings. The maximum Gasteiger partial charge on any atom is 0.303 e. The molecule has 0 radical (unpaired) electrons. The van der Waals surface area contributed by atoms with Gasteiger partial charge in [0.2, 0.25) is 5.91 Å². The van der Waals surface area contributed by atoms with E-state index in [1.54, 1.807) is 0 Å². The van der Waals surface area contributed by atoms with E-state index in [0.717, 1.165) is 0 Å². The molecular formula is C10H19NO4. The zero-order valence-electron chi connectivity index (χ0n) is 9.25. The van der Waals surface area contributed by atoms with Crippen LogP contribution < -0.4 is 5.32 Å². The lowest BCUT2D eigenvalue weighted by Gasteiger charge is -2.30. The Hall–Kier alpha value is -1.10. The van der Waals surface area contributed by atoms with Gasteiger partial charge in [-0.15, -0.1) is 0 Å². The molecule has 1 amide bonds. The molecule has 5 heteroatoms. The van der Waals surface area contributed by atoms with E-state index in [9.17, 15) is 14.7 Å². The van der Waals surface area contributed by atoms with Gasteiger partial charge in [0.15, 0.2) is 0 Å². The van der Waals surface area contributed by atoms with E-state index in [2.05, 4.69) is 5.32 Å². The number of carbonyl (C=O) groups excluding carboxylic acids is 1. The van der Waals surface area contributed by atoms with E-state index in [0.29, 0.717) is 12.8 Å². The Morgan fingerprint density at radius 2 is 1.73 bits per heavy atom. The molecule has 0 aromatic carbocycles. The van der Waals surface area contributed by atoms with Crippen molar-refractivity contribution in [1.29, 1.82) is 0 Å². The maximum atomic E-state index is 11.4. The first-order valence-electron chi connectivity index (χ1n) is 5.13. The van der Waals surface area contributed by atoms with Gasteiger partial charge in [-0.05, 0) is 12.8 Å². The van der Waals surface area contributed by atoms with Crippen molar-refractivity contribution in [3.05, 3.63) is 0 Å². The SMILES string of the molecule is CCC(CC)(CO)NC(=O)CCC(=O)O. The zero-order valence-corrected chi connectivity index (χ0v) is 9.25. The minimum atomic E-state index is -0.993. The molecule has 0 aromatic rings. The van der Waals surface area contributed by atoms with Gasteiger partial charge >= 0.3 is 5.97 Å². The third kappa shape index (κ3) is 4.78. The molecule has 0 aliphatic heterocycles. The molecule has 0 atom stereocenters. The fraction of sp³-hybridized carbons (Fsp3) is 0.800. The van der Waals surface area contributed by atoms with Crippen molar-refractivity contribution in [3.63, 3.8) is 0 Å². The molecule has 0 saturated carbocycles. The minimum Gasteiger partial charge on any atom is -0.481 e. The number of amides is 1. The van der Waals surface area contributed by atoms with E-state index in [1.807, 2.05) is 13.8 Å². The molecule has 0 heterocycles. The van der Waals surface area contributed by atoms with Crippen LogP contribution in [0, 0.1) is 0 Å². The molecule has 0 rings (SSSR count). The van der Waals surface area contributed by atoms with Crippen LogP contribution in [0.2, 0.25) is 0 Å². The second-order valence-electron chi connectivity index (χ2n) is 3.59. The van der Waals surface area contributed by atoms with Gasteiger partial charge in [0.05, 0.1) is 18.6 Å². The maximum absolute atomic E-state index is 11.4. The Morgan fingerprint density at radius 1 is 1.20 bits per heavy atom. The van der Waals surface area contributed by atoms with Gasteiger partial charge in [0, 0.05) is 6.42 Å². The van der Waals surface area contributed by atoms with E-state index >= 15 is 0 Å². The highest BCUT2D eigenvalue weighted by Gasteiger charge is 2.26. The molecule has 88 valence electrons. The number of nitrogens with one attached hydrogen (secondary N) is 1. The number of rotatable bonds is 7. The summed E-state index contributed by atoms with van der Waals surface area (Å²) in [6, 6.07) is 0. The van der Waals surface area contributed by atoms with Crippen molar-refractivity contribution in [2.24, 2.45) is 0 Å². The van der Waals surface area contributed by atoms with Crippen molar-refractivity contribution in [2.45, 2.75) is 45.1 Å². The topological polar surface area (TPSA) is 86.6 Å². The van der Waals surface area contributed by atoms with Gasteiger partial charge in [0.25, 0.3) is 0 Å². The van der Waals surface area contributed by atoms with Gasteiger partial charge in [0.1, 0.15) is 0 Å². The van der Waals surface area contributed by atoms with Gasteiger partial charge in [-0.2, -0.15) is 0 Å². The van der Waals surface area contributed by atoms with Crippen molar-refractivity contribution < 1.29 is 19.8 Å². The Labute approximate surface area is 89.5 Å². The lowest BCUT2D eigenvalue weighted by Crippen LogP contribution is -2.50. The zero-order chi connectivity index (χ0) is 11.9. The van der Waals surface area contributed by atoms with E-state index in [1.165, 1.54) is 0 Å². The summed E-state index contributed by atoms with van der Waals surface area (Å²) in [5.41, 5.74) is -0.602. The molecule has 0 unspecified atom stereocenters. The highest BCUT2D eigenvalue weighted by atomic mass is 16.4. The van der Waals surface area contributed by atoms with E-state index in [-0.39, 0.29) is 25.4 Å². The standard InChI is InChI=1S/C10H19NO4/c1-3-10(4-2,7-12)11-8(13)5-6-9(14)15/h12H,3-7H2,1-2H3,(H,11,13)(H,14,15). The summed E-state index contributed by atoms with van der Waals surface area (Å²) in [7, 11) is 0. The predicted octanol–water partition coefficient (Wildman–Crippen LogP) is 0.518. The van der Waals surface area contributed by atoms with Crippen LogP contribution in [0.25, 0.3) is 0 Å². The van der Waals surface area contributed by atoms with Crippen LogP contribution in [-0.2, 0) is 9.59 Å². The van der Waals surface area contributed by atoms with Gasteiger partial charge in [-0.3, -0.25) is 9.59 Å². The van der Waals surface area contributed by atoms with E-state index in [4.69, 9.17) is 5.11 Å². The summed E-state index contributed by atoms with van der Waals surface area (Å²) < 4.78 is 0. The molecule has 3 N–H and O–H groups in total. The third-order valence-corrected chi connectivity index (χ3v) is 2.63. The van der Waals surface area contributed by atoms with Gasteiger partial charge in [-0.25, -0.2) is 0 Å². The number of carboxylic acids is 1. The predicted molar refractivity (Wildman–Crippen MR) is 55.4 cm³/mol. The quantitative estimate of drug-likeness (QED) is 0.580. The van der Waals surface area contributed by atoms with Crippen molar-refractivity contribution >= 4 is 11.9 Å². The van der Waals surface area contributed by atoms with Crippen LogP contribution in [0.5, 0.6) is 0 Å². The second-order valence-corrected chi connectivity index (χ2v) is 3.59. The molecule has 0 aromatic heterocycles. The molecule has 0 spiro atoms. The summed E-state index contributed by atoms with van der Waals surface area (Å²) in [6.07, 6.45) is 1.02. The summed E-state index contributed by atoms with van der Waals surface area (Å²) in [5.74, 6) is -1.32. The van der Waals surface area contributed by atoms with Crippen LogP contribution >= 0.6 is 0 Å². The van der Waals surface area contributed by atoms with Crippen LogP contribution in [0.1, 0.15) is 39.5 Å². The Morgan fingerprint density at radius 3 is 2.07 bits per heavy atom. The highest BCUT2D eigenvalue weighted by molar-refractivity contribution is 5.81. The first-order chi connectivity index (χ1) is 6.99. The first-order valence-corrected chi connectivity index (χ1v) is 5.13. The molecular weight excluding hydrogens is 198 g/mol. The van der Waals surface area contributed by atoms with E-state index < -0.39 is 11.5 Å². The van der Waals surface area contributed by atoms with Gasteiger partial charge < -0.3 is 15.5 Å². The Balaban J connectivity index is 4.17. The second kappa shape index (κ2) is 6.40. The number of aliphatic hydroxyl groups is 1. The summed E-state index contributed by atoms with van der Waals surface area (Å²) in [4.78, 5) is 21.6. The monoisotopic (exact) mass is 217 g/mol. The van der Waals surface area contributed by atoms with Crippen molar-refractivity contribution in [1.82, 2.24) is 5.32 Å². The van der Waals surface area contributed by atoms with Crippen LogP contribution in [0.3, 0.4) is 0 Å². The average molecular weight is 217 g/mol. The van der Waals surface area contributed by atoms with Crippen LogP contribution in [0.4, 0.5) is 0 Å². The summed E-state index contributed by atoms with van der Waals surface area (Å²) in [6.45, 7) is 3.62. The number of carbonyl (C=O) groups is 2. The smallest absolute Gasteiger partial charge is 0.303 e. The fourth-order valence-corrected chi connectivity index (χ4v) is 1.27. The largest absolute Gasteiger partial charge is 0.481 e. The average Bonchev–Trinajstić information content (AvgIpc) is 2.23. The summed E-state index contributed by atoms with van der Waals surface area (Å²) >= 11 is 0. The normalized spacial score (nSPS) is 11.1. The molecule has 15 heavy (non-hydrogen) atoms.